The first-order valence-electron chi connectivity index (χ1n) is 7.04. The monoisotopic (exact) mass is 367 g/mol. The van der Waals surface area contributed by atoms with Gasteiger partial charge in [-0.05, 0) is 18.1 Å². The van der Waals surface area contributed by atoms with Crippen LogP contribution >= 0.6 is 36.4 Å². The molecule has 0 bridgehead atoms. The van der Waals surface area contributed by atoms with E-state index in [1.54, 1.807) is 0 Å². The zero-order chi connectivity index (χ0) is 14.7. The van der Waals surface area contributed by atoms with Gasteiger partial charge in [0.2, 0.25) is 5.91 Å². The molecule has 1 fully saturated rings. The van der Waals surface area contributed by atoms with Gasteiger partial charge in [-0.15, -0.1) is 24.8 Å². The molecular weight excluding hydrogens is 345 g/mol. The Morgan fingerprint density at radius 3 is 2.18 bits per heavy atom. The summed E-state index contributed by atoms with van der Waals surface area (Å²) in [7, 11) is 0. The summed E-state index contributed by atoms with van der Waals surface area (Å²) in [5, 5.41) is 0.756. The van der Waals surface area contributed by atoms with Crippen molar-refractivity contribution < 1.29 is 4.79 Å². The van der Waals surface area contributed by atoms with Crippen LogP contribution in [0.15, 0.2) is 24.3 Å². The average Bonchev–Trinajstić information content (AvgIpc) is 2.46. The molecule has 0 spiro atoms. The molecule has 1 unspecified atom stereocenters. The highest BCUT2D eigenvalue weighted by atomic mass is 35.5. The Morgan fingerprint density at radius 1 is 1.14 bits per heavy atom. The molecule has 4 nitrogen and oxygen atoms in total. The Kier molecular flexibility index (Phi) is 9.16. The summed E-state index contributed by atoms with van der Waals surface area (Å²) >= 11 is 6.21. The van der Waals surface area contributed by atoms with Crippen molar-refractivity contribution in [1.82, 2.24) is 4.90 Å². The van der Waals surface area contributed by atoms with Crippen LogP contribution in [0.1, 0.15) is 13.8 Å². The van der Waals surface area contributed by atoms with Crippen molar-refractivity contribution in [3.63, 3.8) is 0 Å². The van der Waals surface area contributed by atoms with Gasteiger partial charge in [0.15, 0.2) is 0 Å². The Hall–Kier alpha value is -0.680. The van der Waals surface area contributed by atoms with Crippen LogP contribution in [0.5, 0.6) is 0 Å². The number of hydrogen-bond donors (Lipinski definition) is 1. The van der Waals surface area contributed by atoms with Crippen molar-refractivity contribution in [2.75, 3.05) is 31.1 Å². The summed E-state index contributed by atoms with van der Waals surface area (Å²) in [6, 6.07) is 7.41. The number of carbonyl (C=O) groups excluding carboxylic acids is 1. The number of anilines is 1. The topological polar surface area (TPSA) is 49.6 Å². The van der Waals surface area contributed by atoms with Crippen molar-refractivity contribution >= 4 is 48.0 Å². The molecule has 1 atom stereocenters. The fourth-order valence-corrected chi connectivity index (χ4v) is 2.63. The minimum absolute atomic E-state index is 0. The molecule has 7 heteroatoms. The molecular formula is C15H24Cl3N3O. The van der Waals surface area contributed by atoms with Crippen molar-refractivity contribution in [2.24, 2.45) is 11.7 Å². The van der Waals surface area contributed by atoms with Crippen molar-refractivity contribution in [1.29, 1.82) is 0 Å². The molecule has 1 heterocycles. The smallest absolute Gasteiger partial charge is 0.239 e. The summed E-state index contributed by atoms with van der Waals surface area (Å²) in [6.45, 7) is 6.93. The van der Waals surface area contributed by atoms with Gasteiger partial charge in [0.05, 0.1) is 16.8 Å². The lowest BCUT2D eigenvalue weighted by Crippen LogP contribution is -2.54. The second-order valence-corrected chi connectivity index (χ2v) is 5.94. The third-order valence-electron chi connectivity index (χ3n) is 3.79. The summed E-state index contributed by atoms with van der Waals surface area (Å²) in [6.07, 6.45) is 0. The van der Waals surface area contributed by atoms with Crippen molar-refractivity contribution in [3.05, 3.63) is 29.3 Å². The number of nitrogens with two attached hydrogens (primary N) is 1. The summed E-state index contributed by atoms with van der Waals surface area (Å²) in [4.78, 5) is 16.3. The van der Waals surface area contributed by atoms with E-state index in [9.17, 15) is 4.79 Å². The molecule has 0 aliphatic carbocycles. The van der Waals surface area contributed by atoms with Crippen molar-refractivity contribution in [2.45, 2.75) is 19.9 Å². The van der Waals surface area contributed by atoms with E-state index in [2.05, 4.69) is 4.90 Å². The predicted molar refractivity (Wildman–Crippen MR) is 97.6 cm³/mol. The predicted octanol–water partition coefficient (Wildman–Crippen LogP) is 2.82. The van der Waals surface area contributed by atoms with E-state index in [0.29, 0.717) is 13.1 Å². The number of halogens is 3. The third kappa shape index (κ3) is 4.92. The van der Waals surface area contributed by atoms with Crippen LogP contribution in [-0.4, -0.2) is 43.0 Å². The van der Waals surface area contributed by atoms with E-state index in [1.165, 1.54) is 0 Å². The first kappa shape index (κ1) is 21.3. The molecule has 1 saturated heterocycles. The maximum atomic E-state index is 12.2. The Labute approximate surface area is 149 Å². The van der Waals surface area contributed by atoms with Crippen LogP contribution in [0.25, 0.3) is 0 Å². The summed E-state index contributed by atoms with van der Waals surface area (Å²) < 4.78 is 0. The van der Waals surface area contributed by atoms with Crippen LogP contribution < -0.4 is 10.6 Å². The van der Waals surface area contributed by atoms with Crippen LogP contribution in [0, 0.1) is 5.92 Å². The third-order valence-corrected chi connectivity index (χ3v) is 4.11. The standard InChI is InChI=1S/C15H22ClN3O.2ClH/c1-11(2)14(17)15(20)19-9-7-18(8-10-19)13-6-4-3-5-12(13)16;;/h3-6,11,14H,7-10,17H2,1-2H3;2*1H. The molecule has 1 aromatic rings. The summed E-state index contributed by atoms with van der Waals surface area (Å²) in [5.74, 6) is 0.225. The van der Waals surface area contributed by atoms with E-state index < -0.39 is 6.04 Å². The Morgan fingerprint density at radius 2 is 1.68 bits per heavy atom. The maximum absolute atomic E-state index is 12.2. The molecule has 2 rings (SSSR count). The Balaban J connectivity index is 0.00000220. The number of benzene rings is 1. The number of amides is 1. The van der Waals surface area contributed by atoms with E-state index in [0.717, 1.165) is 23.8 Å². The molecule has 2 N–H and O–H groups in total. The highest BCUT2D eigenvalue weighted by Crippen LogP contribution is 2.26. The Bertz CT molecular complexity index is 477. The number of carbonyl (C=O) groups is 1. The van der Waals surface area contributed by atoms with Gasteiger partial charge in [0.1, 0.15) is 0 Å². The van der Waals surface area contributed by atoms with Crippen LogP contribution in [0.4, 0.5) is 5.69 Å². The SMILES string of the molecule is CC(C)C(N)C(=O)N1CCN(c2ccccc2Cl)CC1.Cl.Cl. The van der Waals surface area contributed by atoms with E-state index in [4.69, 9.17) is 17.3 Å². The van der Waals surface area contributed by atoms with Gasteiger partial charge in [-0.25, -0.2) is 0 Å². The van der Waals surface area contributed by atoms with Gasteiger partial charge in [-0.1, -0.05) is 37.6 Å². The lowest BCUT2D eigenvalue weighted by molar-refractivity contribution is -0.133. The molecule has 1 amide bonds. The lowest BCUT2D eigenvalue weighted by atomic mass is 10.0. The quantitative estimate of drug-likeness (QED) is 0.892. The van der Waals surface area contributed by atoms with Gasteiger partial charge < -0.3 is 15.5 Å². The van der Waals surface area contributed by atoms with Gasteiger partial charge in [-0.2, -0.15) is 0 Å². The minimum atomic E-state index is -0.401. The average molecular weight is 369 g/mol. The minimum Gasteiger partial charge on any atom is -0.367 e. The van der Waals surface area contributed by atoms with E-state index in [-0.39, 0.29) is 36.6 Å². The van der Waals surface area contributed by atoms with Crippen LogP contribution in [0.2, 0.25) is 5.02 Å². The number of nitrogens with zero attached hydrogens (tertiary/aromatic N) is 2. The molecule has 126 valence electrons. The van der Waals surface area contributed by atoms with Gasteiger partial charge in [0, 0.05) is 26.2 Å². The van der Waals surface area contributed by atoms with Crippen LogP contribution in [-0.2, 0) is 4.79 Å². The highest BCUT2D eigenvalue weighted by molar-refractivity contribution is 6.33. The van der Waals surface area contributed by atoms with Crippen molar-refractivity contribution in [3.8, 4) is 0 Å². The zero-order valence-electron chi connectivity index (χ0n) is 12.9. The van der Waals surface area contributed by atoms with Gasteiger partial charge >= 0.3 is 0 Å². The molecule has 0 radical (unpaired) electrons. The highest BCUT2D eigenvalue weighted by Gasteiger charge is 2.27. The van der Waals surface area contributed by atoms with Gasteiger partial charge in [-0.3, -0.25) is 4.79 Å². The van der Waals surface area contributed by atoms with Crippen LogP contribution in [0.3, 0.4) is 0 Å². The normalized spacial score (nSPS) is 15.9. The lowest BCUT2D eigenvalue weighted by Gasteiger charge is -2.37. The fourth-order valence-electron chi connectivity index (χ4n) is 2.37. The second-order valence-electron chi connectivity index (χ2n) is 5.53. The molecule has 22 heavy (non-hydrogen) atoms. The maximum Gasteiger partial charge on any atom is 0.239 e. The number of para-hydroxylation sites is 1. The largest absolute Gasteiger partial charge is 0.367 e. The number of rotatable bonds is 3. The number of hydrogen-bond acceptors (Lipinski definition) is 3. The fraction of sp³-hybridized carbons (Fsp3) is 0.533. The molecule has 1 aliphatic heterocycles. The van der Waals surface area contributed by atoms with E-state index >= 15 is 0 Å². The molecule has 1 aromatic carbocycles. The molecule has 1 aliphatic rings. The van der Waals surface area contributed by atoms with Gasteiger partial charge in [0.25, 0.3) is 0 Å². The first-order chi connectivity index (χ1) is 9.50. The zero-order valence-corrected chi connectivity index (χ0v) is 15.3. The summed E-state index contributed by atoms with van der Waals surface area (Å²) in [5.41, 5.74) is 6.97. The molecule has 0 aromatic heterocycles. The number of piperazine rings is 1. The second kappa shape index (κ2) is 9.46. The first-order valence-corrected chi connectivity index (χ1v) is 7.42. The van der Waals surface area contributed by atoms with E-state index in [1.807, 2.05) is 43.0 Å². The molecule has 0 saturated carbocycles.